The molecule has 80 valence electrons. The third-order valence-electron chi connectivity index (χ3n) is 1.44. The van der Waals surface area contributed by atoms with Gasteiger partial charge in [0.15, 0.2) is 0 Å². The van der Waals surface area contributed by atoms with Crippen LogP contribution in [0.3, 0.4) is 0 Å². The van der Waals surface area contributed by atoms with Gasteiger partial charge in [-0.15, -0.1) is 0 Å². The molecule has 3 heteroatoms. The fraction of sp³-hybridized carbons (Fsp3) is 1.00. The van der Waals surface area contributed by atoms with E-state index < -0.39 is 0 Å². The summed E-state index contributed by atoms with van der Waals surface area (Å²) in [5.74, 6) is 5.54. The summed E-state index contributed by atoms with van der Waals surface area (Å²) in [7, 11) is 0. The Hall–Kier alpha value is 1.22. The number of hydrogen-bond acceptors (Lipinski definition) is 2. The zero-order valence-corrected chi connectivity index (χ0v) is 12.2. The molecule has 0 aliphatic carbocycles. The molecule has 0 spiro atoms. The Morgan fingerprint density at radius 2 is 1.23 bits per heavy atom. The van der Waals surface area contributed by atoms with Gasteiger partial charge < -0.3 is 0 Å². The summed E-state index contributed by atoms with van der Waals surface area (Å²) in [5.41, 5.74) is 0. The summed E-state index contributed by atoms with van der Waals surface area (Å²) in [6.07, 6.45) is 2.67. The Balaban J connectivity index is 2.76. The molecule has 0 aromatic carbocycles. The fourth-order valence-corrected chi connectivity index (χ4v) is 5.68. The molecular formula is C10H22S2Se. The van der Waals surface area contributed by atoms with Crippen LogP contribution in [0.4, 0.5) is 0 Å². The monoisotopic (exact) mass is 286 g/mol. The molecule has 0 amide bonds. The van der Waals surface area contributed by atoms with Crippen LogP contribution < -0.4 is 0 Å². The molecule has 0 unspecified atom stereocenters. The summed E-state index contributed by atoms with van der Waals surface area (Å²) < 4.78 is 0. The van der Waals surface area contributed by atoms with E-state index >= 15 is 0 Å². The molecule has 0 radical (unpaired) electrons. The first-order valence-electron chi connectivity index (χ1n) is 5.15. The summed E-state index contributed by atoms with van der Waals surface area (Å²) in [6, 6.07) is 0. The molecule has 0 N–H and O–H groups in total. The molecule has 0 aliphatic rings. The van der Waals surface area contributed by atoms with Crippen molar-refractivity contribution in [1.82, 2.24) is 0 Å². The molecule has 0 heterocycles. The summed E-state index contributed by atoms with van der Waals surface area (Å²) in [4.78, 5) is 0. The summed E-state index contributed by atoms with van der Waals surface area (Å²) in [6.45, 7) is 4.53. The average molecular weight is 285 g/mol. The van der Waals surface area contributed by atoms with Crippen LogP contribution in [0.5, 0.6) is 0 Å². The third-order valence-corrected chi connectivity index (χ3v) is 7.05. The van der Waals surface area contributed by atoms with Crippen LogP contribution >= 0.6 is 23.5 Å². The Labute approximate surface area is 98.6 Å². The second-order valence-corrected chi connectivity index (χ2v) is 7.86. The average Bonchev–Trinajstić information content (AvgIpc) is 2.16. The topological polar surface area (TPSA) is 0 Å². The zero-order chi connectivity index (χ0) is 9.78. The van der Waals surface area contributed by atoms with E-state index in [0.717, 1.165) is 15.0 Å². The molecule has 0 saturated heterocycles. The van der Waals surface area contributed by atoms with Gasteiger partial charge >= 0.3 is 98.8 Å². The van der Waals surface area contributed by atoms with Gasteiger partial charge in [-0.25, -0.2) is 0 Å². The normalized spacial score (nSPS) is 10.6. The van der Waals surface area contributed by atoms with Crippen molar-refractivity contribution in [1.29, 1.82) is 0 Å². The Bertz CT molecular complexity index is 79.0. The Morgan fingerprint density at radius 1 is 0.769 bits per heavy atom. The van der Waals surface area contributed by atoms with Crippen molar-refractivity contribution < 1.29 is 0 Å². The Morgan fingerprint density at radius 3 is 1.62 bits per heavy atom. The Kier molecular flexibility index (Phi) is 14.5. The van der Waals surface area contributed by atoms with Crippen molar-refractivity contribution in [2.24, 2.45) is 0 Å². The molecule has 0 aromatic heterocycles. The van der Waals surface area contributed by atoms with Crippen molar-refractivity contribution in [2.75, 3.05) is 23.0 Å². The molecule has 0 atom stereocenters. The van der Waals surface area contributed by atoms with E-state index in [9.17, 15) is 0 Å². The fourth-order valence-electron chi connectivity index (χ4n) is 0.831. The van der Waals surface area contributed by atoms with E-state index in [-0.39, 0.29) is 0 Å². The van der Waals surface area contributed by atoms with E-state index in [1.165, 1.54) is 46.5 Å². The van der Waals surface area contributed by atoms with Gasteiger partial charge in [-0.1, -0.05) is 0 Å². The van der Waals surface area contributed by atoms with Crippen LogP contribution in [0.15, 0.2) is 0 Å². The van der Waals surface area contributed by atoms with Crippen molar-refractivity contribution >= 4 is 38.5 Å². The van der Waals surface area contributed by atoms with Gasteiger partial charge in [0.1, 0.15) is 0 Å². The summed E-state index contributed by atoms with van der Waals surface area (Å²) >= 11 is 5.19. The summed E-state index contributed by atoms with van der Waals surface area (Å²) in [5, 5.41) is 2.98. The van der Waals surface area contributed by atoms with Crippen LogP contribution in [-0.4, -0.2) is 38.0 Å². The van der Waals surface area contributed by atoms with Crippen LogP contribution in [0.25, 0.3) is 0 Å². The predicted octanol–water partition coefficient (Wildman–Crippen LogP) is 3.81. The maximum atomic E-state index is 2.26. The van der Waals surface area contributed by atoms with Crippen molar-refractivity contribution in [3.8, 4) is 0 Å². The standard InChI is InChI=1S/C10H22S2Se/c1-3-5-11-7-9-13-10-8-12-6-4-2/h3-10H2,1-2H3. The molecular weight excluding hydrogens is 263 g/mol. The van der Waals surface area contributed by atoms with Gasteiger partial charge in [0, 0.05) is 0 Å². The minimum atomic E-state index is 0.932. The van der Waals surface area contributed by atoms with Crippen molar-refractivity contribution in [2.45, 2.75) is 37.3 Å². The predicted molar refractivity (Wildman–Crippen MR) is 70.6 cm³/mol. The van der Waals surface area contributed by atoms with E-state index in [4.69, 9.17) is 0 Å². The second-order valence-electron chi connectivity index (χ2n) is 2.84. The zero-order valence-electron chi connectivity index (χ0n) is 8.88. The quantitative estimate of drug-likeness (QED) is 0.442. The second kappa shape index (κ2) is 13.2. The van der Waals surface area contributed by atoms with Gasteiger partial charge in [0.25, 0.3) is 0 Å². The third kappa shape index (κ3) is 13.2. The molecule has 0 bridgehead atoms. The van der Waals surface area contributed by atoms with E-state index in [1.54, 1.807) is 0 Å². The van der Waals surface area contributed by atoms with Gasteiger partial charge in [0.05, 0.1) is 0 Å². The molecule has 0 aromatic rings. The van der Waals surface area contributed by atoms with E-state index in [2.05, 4.69) is 37.4 Å². The van der Waals surface area contributed by atoms with Gasteiger partial charge in [-0.2, -0.15) is 0 Å². The SMILES string of the molecule is CCCSCC[Se]CCSCCC. The van der Waals surface area contributed by atoms with Gasteiger partial charge in [-0.3, -0.25) is 0 Å². The molecule has 0 nitrogen and oxygen atoms in total. The first-order valence-corrected chi connectivity index (χ1v) is 9.88. The maximum absolute atomic E-state index is 2.26. The minimum absolute atomic E-state index is 0.932. The van der Waals surface area contributed by atoms with Crippen molar-refractivity contribution in [3.63, 3.8) is 0 Å². The van der Waals surface area contributed by atoms with E-state index in [1.807, 2.05) is 0 Å². The molecule has 13 heavy (non-hydrogen) atoms. The number of hydrogen-bond donors (Lipinski definition) is 0. The number of rotatable bonds is 10. The van der Waals surface area contributed by atoms with Crippen LogP contribution in [0.1, 0.15) is 26.7 Å². The first kappa shape index (κ1) is 14.2. The molecule has 0 aliphatic heterocycles. The van der Waals surface area contributed by atoms with Crippen LogP contribution in [-0.2, 0) is 0 Å². The van der Waals surface area contributed by atoms with Gasteiger partial charge in [0.2, 0.25) is 0 Å². The molecule has 0 saturated carbocycles. The number of thioether (sulfide) groups is 2. The van der Waals surface area contributed by atoms with E-state index in [0.29, 0.717) is 0 Å². The van der Waals surface area contributed by atoms with Gasteiger partial charge in [-0.05, 0) is 0 Å². The molecule has 0 rings (SSSR count). The van der Waals surface area contributed by atoms with Crippen molar-refractivity contribution in [3.05, 3.63) is 0 Å². The van der Waals surface area contributed by atoms with Crippen LogP contribution in [0, 0.1) is 0 Å². The molecule has 0 fully saturated rings. The first-order chi connectivity index (χ1) is 6.41. The van der Waals surface area contributed by atoms with Crippen LogP contribution in [0.2, 0.25) is 10.6 Å².